The van der Waals surface area contributed by atoms with Crippen LogP contribution < -0.4 is 5.32 Å². The van der Waals surface area contributed by atoms with Crippen molar-refractivity contribution in [1.82, 2.24) is 4.37 Å². The number of aliphatic carboxylic acids is 1. The lowest BCUT2D eigenvalue weighted by molar-refractivity contribution is -0.140. The van der Waals surface area contributed by atoms with Gasteiger partial charge in [-0.15, -0.1) is 0 Å². The summed E-state index contributed by atoms with van der Waals surface area (Å²) in [5, 5.41) is 12.8. The van der Waals surface area contributed by atoms with Gasteiger partial charge in [0.25, 0.3) is 5.78 Å². The SMILES string of the molecule is Cc1ccccc1COC(=O)Nc1c(C)nsc1C#Cc1cc2cc(C3(C(=O)O)CC3)oc2o1. The van der Waals surface area contributed by atoms with Crippen molar-refractivity contribution in [3.05, 3.63) is 69.6 Å². The summed E-state index contributed by atoms with van der Waals surface area (Å²) in [6, 6.07) is 11.1. The number of carbonyl (C=O) groups is 2. The van der Waals surface area contributed by atoms with Gasteiger partial charge in [0.1, 0.15) is 22.7 Å². The van der Waals surface area contributed by atoms with E-state index in [0.29, 0.717) is 46.0 Å². The number of carboxylic acids is 1. The quantitative estimate of drug-likeness (QED) is 0.372. The number of aryl methyl sites for hydroxylation is 2. The van der Waals surface area contributed by atoms with E-state index in [0.717, 1.165) is 22.7 Å². The number of anilines is 1. The Hall–Kier alpha value is -4.03. The van der Waals surface area contributed by atoms with Crippen molar-refractivity contribution in [3.8, 4) is 11.8 Å². The predicted molar refractivity (Wildman–Crippen MR) is 125 cm³/mol. The van der Waals surface area contributed by atoms with Crippen LogP contribution >= 0.6 is 11.5 Å². The number of carboxylic acid groups (broad SMARTS) is 1. The minimum atomic E-state index is -0.929. The summed E-state index contributed by atoms with van der Waals surface area (Å²) in [7, 11) is 0. The van der Waals surface area contributed by atoms with Crippen LogP contribution in [0.2, 0.25) is 0 Å². The summed E-state index contributed by atoms with van der Waals surface area (Å²) < 4.78 is 20.9. The highest BCUT2D eigenvalue weighted by molar-refractivity contribution is 7.07. The molecule has 0 spiro atoms. The van der Waals surface area contributed by atoms with Gasteiger partial charge in [0.15, 0.2) is 5.76 Å². The molecule has 172 valence electrons. The van der Waals surface area contributed by atoms with E-state index in [4.69, 9.17) is 13.6 Å². The molecule has 3 aromatic heterocycles. The number of benzene rings is 1. The molecule has 1 saturated carbocycles. The van der Waals surface area contributed by atoms with Crippen LogP contribution in [0, 0.1) is 25.7 Å². The average Bonchev–Trinajstić information content (AvgIpc) is 3.25. The molecular weight excluding hydrogens is 456 g/mol. The zero-order valence-corrected chi connectivity index (χ0v) is 19.2. The zero-order valence-electron chi connectivity index (χ0n) is 18.4. The van der Waals surface area contributed by atoms with Crippen molar-refractivity contribution in [2.24, 2.45) is 0 Å². The van der Waals surface area contributed by atoms with Gasteiger partial charge in [0, 0.05) is 6.07 Å². The number of rotatable bonds is 5. The molecule has 1 aliphatic carbocycles. The molecule has 2 N–H and O–H groups in total. The highest BCUT2D eigenvalue weighted by Gasteiger charge is 2.54. The van der Waals surface area contributed by atoms with Crippen LogP contribution in [0.15, 0.2) is 45.2 Å². The van der Waals surface area contributed by atoms with E-state index >= 15 is 0 Å². The minimum Gasteiger partial charge on any atom is -0.480 e. The molecule has 34 heavy (non-hydrogen) atoms. The monoisotopic (exact) mass is 476 g/mol. The van der Waals surface area contributed by atoms with Gasteiger partial charge in [0.05, 0.1) is 16.8 Å². The van der Waals surface area contributed by atoms with Gasteiger partial charge in [-0.1, -0.05) is 24.3 Å². The molecule has 0 bridgehead atoms. The molecule has 5 rings (SSSR count). The molecule has 1 amide bonds. The lowest BCUT2D eigenvalue weighted by atomic mass is 10.0. The first-order valence-corrected chi connectivity index (χ1v) is 11.4. The van der Waals surface area contributed by atoms with Crippen molar-refractivity contribution in [2.75, 3.05) is 5.32 Å². The lowest BCUT2D eigenvalue weighted by Gasteiger charge is -2.08. The number of nitrogens with one attached hydrogen (secondary N) is 1. The molecular formula is C25H20N2O6S. The lowest BCUT2D eigenvalue weighted by Crippen LogP contribution is -2.18. The maximum absolute atomic E-state index is 12.3. The van der Waals surface area contributed by atoms with E-state index in [-0.39, 0.29) is 12.4 Å². The van der Waals surface area contributed by atoms with E-state index < -0.39 is 17.5 Å². The van der Waals surface area contributed by atoms with Crippen molar-refractivity contribution >= 4 is 40.4 Å². The summed E-state index contributed by atoms with van der Waals surface area (Å²) in [6.45, 7) is 3.89. The molecule has 1 fully saturated rings. The van der Waals surface area contributed by atoms with Crippen molar-refractivity contribution in [1.29, 1.82) is 0 Å². The molecule has 0 unspecified atom stereocenters. The number of ether oxygens (including phenoxy) is 1. The number of furan rings is 2. The Morgan fingerprint density at radius 1 is 1.21 bits per heavy atom. The van der Waals surface area contributed by atoms with Crippen LogP contribution in [0.1, 0.15) is 46.1 Å². The van der Waals surface area contributed by atoms with Crippen LogP contribution in [0.3, 0.4) is 0 Å². The molecule has 0 atom stereocenters. The van der Waals surface area contributed by atoms with E-state index in [1.165, 1.54) is 0 Å². The summed E-state index contributed by atoms with van der Waals surface area (Å²) >= 11 is 1.16. The fraction of sp³-hybridized carbons (Fsp3) is 0.240. The summed E-state index contributed by atoms with van der Waals surface area (Å²) in [4.78, 5) is 24.4. The van der Waals surface area contributed by atoms with Gasteiger partial charge >= 0.3 is 12.1 Å². The van der Waals surface area contributed by atoms with Crippen molar-refractivity contribution in [3.63, 3.8) is 0 Å². The van der Waals surface area contributed by atoms with E-state index in [1.807, 2.05) is 31.2 Å². The smallest absolute Gasteiger partial charge is 0.412 e. The largest absolute Gasteiger partial charge is 0.480 e. The van der Waals surface area contributed by atoms with E-state index in [1.54, 1.807) is 19.1 Å². The average molecular weight is 477 g/mol. The first-order valence-electron chi connectivity index (χ1n) is 10.6. The topological polar surface area (TPSA) is 115 Å². The number of aromatic nitrogens is 1. The van der Waals surface area contributed by atoms with Crippen molar-refractivity contribution < 1.29 is 28.3 Å². The molecule has 0 aliphatic heterocycles. The van der Waals surface area contributed by atoms with Crippen LogP contribution in [-0.4, -0.2) is 21.5 Å². The Morgan fingerprint density at radius 2 is 2.00 bits per heavy atom. The number of hydrogen-bond donors (Lipinski definition) is 2. The maximum Gasteiger partial charge on any atom is 0.412 e. The molecule has 8 nitrogen and oxygen atoms in total. The predicted octanol–water partition coefficient (Wildman–Crippen LogP) is 5.36. The first-order chi connectivity index (χ1) is 16.4. The van der Waals surface area contributed by atoms with Gasteiger partial charge in [-0.3, -0.25) is 10.1 Å². The Morgan fingerprint density at radius 3 is 2.71 bits per heavy atom. The molecule has 1 aliphatic rings. The highest BCUT2D eigenvalue weighted by atomic mass is 32.1. The van der Waals surface area contributed by atoms with Crippen LogP contribution in [0.4, 0.5) is 10.5 Å². The maximum atomic E-state index is 12.3. The third-order valence-electron chi connectivity index (χ3n) is 5.85. The molecule has 1 aromatic carbocycles. The normalized spacial score (nSPS) is 13.8. The van der Waals surface area contributed by atoms with Crippen molar-refractivity contribution in [2.45, 2.75) is 38.7 Å². The highest BCUT2D eigenvalue weighted by Crippen LogP contribution is 2.50. The fourth-order valence-electron chi connectivity index (χ4n) is 3.60. The van der Waals surface area contributed by atoms with Gasteiger partial charge in [-0.2, -0.15) is 4.37 Å². The van der Waals surface area contributed by atoms with Gasteiger partial charge in [-0.25, -0.2) is 4.79 Å². The Labute approximate surface area is 198 Å². The number of amides is 1. The second-order valence-electron chi connectivity index (χ2n) is 8.20. The molecule has 0 saturated heterocycles. The minimum absolute atomic E-state index is 0.159. The number of nitrogens with zero attached hydrogens (tertiary/aromatic N) is 1. The zero-order chi connectivity index (χ0) is 23.9. The van der Waals surface area contributed by atoms with Crippen LogP contribution in [0.5, 0.6) is 0 Å². The third-order valence-corrected chi connectivity index (χ3v) is 6.71. The Balaban J connectivity index is 1.29. The van der Waals surface area contributed by atoms with E-state index in [2.05, 4.69) is 21.5 Å². The molecule has 0 radical (unpaired) electrons. The molecule has 4 aromatic rings. The number of carbonyl (C=O) groups excluding carboxylic acids is 1. The summed E-state index contributed by atoms with van der Waals surface area (Å²) in [5.41, 5.74) is 2.16. The molecule has 3 heterocycles. The fourth-order valence-corrected chi connectivity index (χ4v) is 4.31. The summed E-state index contributed by atoms with van der Waals surface area (Å²) in [5.74, 6) is 6.00. The van der Waals surface area contributed by atoms with Gasteiger partial charge < -0.3 is 18.7 Å². The second kappa shape index (κ2) is 8.39. The van der Waals surface area contributed by atoms with Gasteiger partial charge in [-0.05, 0) is 67.3 Å². The number of hydrogen-bond acceptors (Lipinski definition) is 7. The number of fused-ring (bicyclic) bond motifs is 1. The van der Waals surface area contributed by atoms with Crippen LogP contribution in [0.25, 0.3) is 11.2 Å². The Kier molecular flexibility index (Phi) is 5.38. The summed E-state index contributed by atoms with van der Waals surface area (Å²) in [6.07, 6.45) is 0.517. The third kappa shape index (κ3) is 4.04. The van der Waals surface area contributed by atoms with Crippen LogP contribution in [-0.2, 0) is 21.6 Å². The standard InChI is InChI=1S/C25H20N2O6S/c1-14-5-3-4-6-16(14)13-31-24(30)26-21-15(2)27-34-19(21)8-7-18-11-17-12-20(33-22(17)32-18)25(9-10-25)23(28)29/h3-6,11-12H,9-10,13H2,1-2H3,(H,26,30)(H,28,29). The second-order valence-corrected chi connectivity index (χ2v) is 8.97. The molecule has 9 heteroatoms. The van der Waals surface area contributed by atoms with E-state index in [9.17, 15) is 14.7 Å². The Bertz CT molecular complexity index is 1450. The van der Waals surface area contributed by atoms with Gasteiger partial charge in [0.2, 0.25) is 0 Å². The first kappa shape index (κ1) is 21.8.